The van der Waals surface area contributed by atoms with Crippen LogP contribution in [-0.4, -0.2) is 26.3 Å². The van der Waals surface area contributed by atoms with Crippen LogP contribution in [0.25, 0.3) is 5.52 Å². The third kappa shape index (κ3) is 4.41. The Kier molecular flexibility index (Phi) is 6.07. The summed E-state index contributed by atoms with van der Waals surface area (Å²) < 4.78 is 45.5. The fourth-order valence-corrected chi connectivity index (χ4v) is 5.33. The average Bonchev–Trinajstić information content (AvgIpc) is 3.56. The van der Waals surface area contributed by atoms with Crippen LogP contribution in [-0.2, 0) is 6.54 Å². The average molecular weight is 549 g/mol. The molecule has 6 nitrogen and oxygen atoms in total. The van der Waals surface area contributed by atoms with Crippen molar-refractivity contribution in [2.24, 2.45) is 5.73 Å². The van der Waals surface area contributed by atoms with Gasteiger partial charge in [0.15, 0.2) is 0 Å². The van der Waals surface area contributed by atoms with Crippen molar-refractivity contribution in [2.45, 2.75) is 37.8 Å². The standard InChI is InChI=1S/C29H20ClF3N4O2/c30-16-10-20-23(25(33)11-16)14-36(29(20)39)26(21-12-17(31)6-7-24(21)32)3-1-2-18-19(28(34)38)8-9-37-27(18)22(13-35-37)15-4-5-15/h6-13,15,26H,3-5,14H2,(H2,34,38). The van der Waals surface area contributed by atoms with Crippen molar-refractivity contribution in [3.8, 4) is 11.8 Å². The van der Waals surface area contributed by atoms with Gasteiger partial charge in [-0.2, -0.15) is 5.10 Å². The van der Waals surface area contributed by atoms with Gasteiger partial charge in [-0.05, 0) is 55.2 Å². The first kappa shape index (κ1) is 25.0. The van der Waals surface area contributed by atoms with Crippen molar-refractivity contribution in [1.29, 1.82) is 0 Å². The van der Waals surface area contributed by atoms with E-state index in [4.69, 9.17) is 17.3 Å². The van der Waals surface area contributed by atoms with E-state index in [9.17, 15) is 22.8 Å². The molecule has 39 heavy (non-hydrogen) atoms. The Labute approximate surface area is 226 Å². The summed E-state index contributed by atoms with van der Waals surface area (Å²) in [5, 5.41) is 4.42. The first-order chi connectivity index (χ1) is 18.7. The number of halogens is 4. The second-order valence-corrected chi connectivity index (χ2v) is 10.1. The molecule has 1 aliphatic carbocycles. The largest absolute Gasteiger partial charge is 0.366 e. The molecule has 1 fully saturated rings. The molecule has 1 aliphatic heterocycles. The summed E-state index contributed by atoms with van der Waals surface area (Å²) in [6, 6.07) is 5.86. The maximum atomic E-state index is 15.0. The van der Waals surface area contributed by atoms with Gasteiger partial charge >= 0.3 is 0 Å². The molecular weight excluding hydrogens is 529 g/mol. The van der Waals surface area contributed by atoms with Crippen LogP contribution in [0.2, 0.25) is 5.02 Å². The SMILES string of the molecule is NC(=O)c1ccn2ncc(C3CC3)c2c1C#CCC(c1cc(F)ccc1F)N1Cc2c(F)cc(Cl)cc2C1=O. The van der Waals surface area contributed by atoms with Crippen LogP contribution in [0.15, 0.2) is 48.8 Å². The van der Waals surface area contributed by atoms with Gasteiger partial charge in [0.05, 0.1) is 35.4 Å². The zero-order valence-corrected chi connectivity index (χ0v) is 21.1. The highest BCUT2D eigenvalue weighted by Crippen LogP contribution is 2.43. The number of aromatic nitrogens is 2. The van der Waals surface area contributed by atoms with Crippen molar-refractivity contribution in [3.05, 3.63) is 105 Å². The minimum Gasteiger partial charge on any atom is -0.366 e. The van der Waals surface area contributed by atoms with E-state index in [1.54, 1.807) is 16.9 Å². The predicted molar refractivity (Wildman–Crippen MR) is 138 cm³/mol. The van der Waals surface area contributed by atoms with Crippen LogP contribution in [0.3, 0.4) is 0 Å². The molecule has 0 saturated heterocycles. The van der Waals surface area contributed by atoms with E-state index >= 15 is 0 Å². The summed E-state index contributed by atoms with van der Waals surface area (Å²) in [5.41, 5.74) is 7.90. The van der Waals surface area contributed by atoms with Crippen molar-refractivity contribution >= 4 is 28.9 Å². The molecule has 2 aliphatic rings. The van der Waals surface area contributed by atoms with Crippen LogP contribution < -0.4 is 5.73 Å². The fraction of sp³-hybridized carbons (Fsp3) is 0.207. The molecule has 6 rings (SSSR count). The number of pyridine rings is 1. The van der Waals surface area contributed by atoms with E-state index in [2.05, 4.69) is 16.9 Å². The van der Waals surface area contributed by atoms with E-state index in [1.807, 2.05) is 0 Å². The number of hydrogen-bond donors (Lipinski definition) is 1. The molecule has 2 aromatic heterocycles. The Balaban J connectivity index is 1.44. The van der Waals surface area contributed by atoms with Gasteiger partial charge in [0.1, 0.15) is 17.5 Å². The summed E-state index contributed by atoms with van der Waals surface area (Å²) in [7, 11) is 0. The molecule has 2 aromatic carbocycles. The number of nitrogens with zero attached hydrogens (tertiary/aromatic N) is 3. The second kappa shape index (κ2) is 9.47. The summed E-state index contributed by atoms with van der Waals surface area (Å²) in [6.45, 7) is -0.171. The lowest BCUT2D eigenvalue weighted by atomic mass is 10.00. The highest BCUT2D eigenvalue weighted by atomic mass is 35.5. The number of rotatable bonds is 5. The van der Waals surface area contributed by atoms with Crippen molar-refractivity contribution in [1.82, 2.24) is 14.5 Å². The van der Waals surface area contributed by atoms with Gasteiger partial charge in [0, 0.05) is 39.9 Å². The van der Waals surface area contributed by atoms with Gasteiger partial charge in [0.25, 0.3) is 5.91 Å². The first-order valence-corrected chi connectivity index (χ1v) is 12.6. The first-order valence-electron chi connectivity index (χ1n) is 12.3. The minimum atomic E-state index is -1.06. The lowest BCUT2D eigenvalue weighted by Gasteiger charge is -2.27. The van der Waals surface area contributed by atoms with E-state index in [-0.39, 0.29) is 40.2 Å². The second-order valence-electron chi connectivity index (χ2n) is 9.67. The molecule has 1 saturated carbocycles. The Hall–Kier alpha value is -4.29. The number of carbonyl (C=O) groups excluding carboxylic acids is 2. The highest BCUT2D eigenvalue weighted by molar-refractivity contribution is 6.31. The molecule has 2 N–H and O–H groups in total. The number of fused-ring (bicyclic) bond motifs is 2. The van der Waals surface area contributed by atoms with E-state index in [0.29, 0.717) is 17.0 Å². The van der Waals surface area contributed by atoms with Gasteiger partial charge in [-0.3, -0.25) is 9.59 Å². The fourth-order valence-electron chi connectivity index (χ4n) is 5.13. The lowest BCUT2D eigenvalue weighted by Crippen LogP contribution is -2.29. The maximum absolute atomic E-state index is 15.0. The number of benzene rings is 2. The van der Waals surface area contributed by atoms with Crippen LogP contribution in [0.4, 0.5) is 13.2 Å². The summed E-state index contributed by atoms with van der Waals surface area (Å²) in [4.78, 5) is 26.8. The molecule has 196 valence electrons. The molecule has 4 aromatic rings. The third-order valence-corrected chi connectivity index (χ3v) is 7.40. The van der Waals surface area contributed by atoms with Crippen LogP contribution in [0.1, 0.15) is 74.2 Å². The van der Waals surface area contributed by atoms with Gasteiger partial charge in [-0.1, -0.05) is 23.4 Å². The topological polar surface area (TPSA) is 80.7 Å². The zero-order chi connectivity index (χ0) is 27.4. The monoisotopic (exact) mass is 548 g/mol. The number of carbonyl (C=O) groups is 2. The number of amides is 2. The van der Waals surface area contributed by atoms with Crippen molar-refractivity contribution in [2.75, 3.05) is 0 Å². The van der Waals surface area contributed by atoms with Gasteiger partial charge in [-0.15, -0.1) is 0 Å². The number of primary amides is 1. The van der Waals surface area contributed by atoms with E-state index < -0.39 is 35.3 Å². The Morgan fingerprint density at radius 1 is 1.15 bits per heavy atom. The van der Waals surface area contributed by atoms with Gasteiger partial charge < -0.3 is 10.6 Å². The Bertz CT molecular complexity index is 1750. The quantitative estimate of drug-likeness (QED) is 0.333. The number of nitrogens with two attached hydrogens (primary N) is 1. The zero-order valence-electron chi connectivity index (χ0n) is 20.3. The number of hydrogen-bond acceptors (Lipinski definition) is 3. The van der Waals surface area contributed by atoms with Crippen LogP contribution in [0, 0.1) is 29.3 Å². The van der Waals surface area contributed by atoms with E-state index in [1.165, 1.54) is 17.0 Å². The summed E-state index contributed by atoms with van der Waals surface area (Å²) in [5.74, 6) is 2.92. The molecule has 0 radical (unpaired) electrons. The Morgan fingerprint density at radius 3 is 2.69 bits per heavy atom. The lowest BCUT2D eigenvalue weighted by molar-refractivity contribution is 0.0700. The molecule has 1 unspecified atom stereocenters. The molecule has 0 spiro atoms. The van der Waals surface area contributed by atoms with Gasteiger partial charge in [-0.25, -0.2) is 17.7 Å². The van der Waals surface area contributed by atoms with Gasteiger partial charge in [0.2, 0.25) is 5.91 Å². The third-order valence-electron chi connectivity index (χ3n) is 7.18. The van der Waals surface area contributed by atoms with E-state index in [0.717, 1.165) is 42.7 Å². The molecule has 0 bridgehead atoms. The molecule has 10 heteroatoms. The smallest absolute Gasteiger partial charge is 0.255 e. The molecular formula is C29H20ClF3N4O2. The Morgan fingerprint density at radius 2 is 1.95 bits per heavy atom. The highest BCUT2D eigenvalue weighted by Gasteiger charge is 2.36. The predicted octanol–water partition coefficient (Wildman–Crippen LogP) is 5.52. The summed E-state index contributed by atoms with van der Waals surface area (Å²) >= 11 is 5.97. The van der Waals surface area contributed by atoms with Crippen molar-refractivity contribution in [3.63, 3.8) is 0 Å². The summed E-state index contributed by atoms with van der Waals surface area (Å²) in [6.07, 6.45) is 5.23. The molecule has 2 amide bonds. The van der Waals surface area contributed by atoms with Crippen LogP contribution in [0.5, 0.6) is 0 Å². The molecule has 1 atom stereocenters. The molecule has 3 heterocycles. The minimum absolute atomic E-state index is 0.0501. The van der Waals surface area contributed by atoms with Crippen LogP contribution >= 0.6 is 11.6 Å². The normalized spacial score (nSPS) is 15.3. The maximum Gasteiger partial charge on any atom is 0.255 e. The van der Waals surface area contributed by atoms with Crippen molar-refractivity contribution < 1.29 is 22.8 Å².